The van der Waals surface area contributed by atoms with Crippen LogP contribution >= 0.6 is 23.2 Å². The molecule has 0 aromatic heterocycles. The van der Waals surface area contributed by atoms with Crippen LogP contribution in [0.2, 0.25) is 10.0 Å². The molecular weight excluding hydrogens is 337 g/mol. The monoisotopic (exact) mass is 351 g/mol. The normalized spacial score (nSPS) is 18.7. The molecule has 2 rings (SSSR count). The van der Waals surface area contributed by atoms with Crippen molar-refractivity contribution in [3.8, 4) is 0 Å². The van der Waals surface area contributed by atoms with Crippen molar-refractivity contribution in [2.75, 3.05) is 30.0 Å². The van der Waals surface area contributed by atoms with Gasteiger partial charge in [-0.1, -0.05) is 23.2 Å². The number of anilines is 1. The first-order valence-electron chi connectivity index (χ1n) is 6.39. The van der Waals surface area contributed by atoms with E-state index in [4.69, 9.17) is 27.9 Å². The van der Waals surface area contributed by atoms with E-state index in [9.17, 15) is 13.2 Å². The molecule has 0 spiro atoms. The predicted octanol–water partition coefficient (Wildman–Crippen LogP) is 2.38. The number of benzene rings is 1. The highest BCUT2D eigenvalue weighted by atomic mass is 35.5. The molecule has 1 aromatic rings. The van der Waals surface area contributed by atoms with Crippen molar-refractivity contribution in [1.29, 1.82) is 0 Å². The third-order valence-electron chi connectivity index (χ3n) is 3.07. The summed E-state index contributed by atoms with van der Waals surface area (Å²) in [5.74, 6) is -1.19. The molecule has 116 valence electrons. The Balaban J connectivity index is 1.92. The van der Waals surface area contributed by atoms with Crippen molar-refractivity contribution >= 4 is 44.6 Å². The van der Waals surface area contributed by atoms with Gasteiger partial charge >= 0.3 is 0 Å². The number of halogens is 2. The van der Waals surface area contributed by atoms with Crippen LogP contribution in [0.4, 0.5) is 5.69 Å². The molecule has 1 unspecified atom stereocenters. The van der Waals surface area contributed by atoms with Crippen LogP contribution in [0.3, 0.4) is 0 Å². The quantitative estimate of drug-likeness (QED) is 0.883. The summed E-state index contributed by atoms with van der Waals surface area (Å²) in [7, 11) is -3.45. The lowest BCUT2D eigenvalue weighted by atomic mass is 10.2. The number of sulfone groups is 1. The summed E-state index contributed by atoms with van der Waals surface area (Å²) in [6.07, 6.45) is 0.716. The van der Waals surface area contributed by atoms with Crippen LogP contribution in [0, 0.1) is 5.92 Å². The van der Waals surface area contributed by atoms with Gasteiger partial charge in [-0.2, -0.15) is 0 Å². The summed E-state index contributed by atoms with van der Waals surface area (Å²) >= 11 is 11.6. The Kier molecular flexibility index (Phi) is 5.48. The first-order chi connectivity index (χ1) is 9.85. The van der Waals surface area contributed by atoms with E-state index in [0.717, 1.165) is 0 Å². The lowest BCUT2D eigenvalue weighted by Crippen LogP contribution is -2.27. The number of carbonyl (C=O) groups is 1. The predicted molar refractivity (Wildman–Crippen MR) is 82.7 cm³/mol. The smallest absolute Gasteiger partial charge is 0.239 e. The maximum atomic E-state index is 11.9. The second kappa shape index (κ2) is 6.96. The second-order valence-corrected chi connectivity index (χ2v) is 7.88. The van der Waals surface area contributed by atoms with Crippen LogP contribution in [0.1, 0.15) is 6.42 Å². The molecule has 1 N–H and O–H groups in total. The second-order valence-electron chi connectivity index (χ2n) is 4.96. The lowest BCUT2D eigenvalue weighted by Gasteiger charge is -2.09. The van der Waals surface area contributed by atoms with E-state index in [1.54, 1.807) is 6.07 Å². The Morgan fingerprint density at radius 1 is 1.33 bits per heavy atom. The van der Waals surface area contributed by atoms with Crippen LogP contribution in [0.15, 0.2) is 18.2 Å². The van der Waals surface area contributed by atoms with Gasteiger partial charge in [0.15, 0.2) is 9.84 Å². The number of amides is 1. The third kappa shape index (κ3) is 5.14. The SMILES string of the molecule is O=C(CS(=O)(=O)CC1CCOC1)Nc1ccc(Cl)c(Cl)c1. The summed E-state index contributed by atoms with van der Waals surface area (Å²) in [4.78, 5) is 11.8. The molecule has 0 saturated carbocycles. The molecule has 8 heteroatoms. The average Bonchev–Trinajstić information content (AvgIpc) is 2.85. The zero-order valence-electron chi connectivity index (χ0n) is 11.1. The van der Waals surface area contributed by atoms with E-state index in [-0.39, 0.29) is 11.7 Å². The zero-order chi connectivity index (χ0) is 15.5. The van der Waals surface area contributed by atoms with Crippen molar-refractivity contribution in [3.63, 3.8) is 0 Å². The number of nitrogens with one attached hydrogen (secondary N) is 1. The molecule has 0 radical (unpaired) electrons. The number of hydrogen-bond donors (Lipinski definition) is 1. The molecule has 5 nitrogen and oxygen atoms in total. The zero-order valence-corrected chi connectivity index (χ0v) is 13.5. The van der Waals surface area contributed by atoms with Crippen molar-refractivity contribution in [3.05, 3.63) is 28.2 Å². The minimum atomic E-state index is -3.45. The van der Waals surface area contributed by atoms with Crippen molar-refractivity contribution in [2.24, 2.45) is 5.92 Å². The van der Waals surface area contributed by atoms with E-state index in [1.165, 1.54) is 12.1 Å². The summed E-state index contributed by atoms with van der Waals surface area (Å²) < 4.78 is 29.0. The molecule has 1 aliphatic heterocycles. The van der Waals surface area contributed by atoms with E-state index in [1.807, 2.05) is 0 Å². The minimum absolute atomic E-state index is 0.0206. The Morgan fingerprint density at radius 2 is 2.10 bits per heavy atom. The molecular formula is C13H15Cl2NO4S. The first kappa shape index (κ1) is 16.5. The van der Waals surface area contributed by atoms with Gasteiger partial charge in [0.25, 0.3) is 0 Å². The van der Waals surface area contributed by atoms with Crippen molar-refractivity contribution < 1.29 is 17.9 Å². The van der Waals surface area contributed by atoms with Gasteiger partial charge in [0.1, 0.15) is 5.75 Å². The van der Waals surface area contributed by atoms with E-state index in [0.29, 0.717) is 35.4 Å². The molecule has 1 saturated heterocycles. The standard InChI is InChI=1S/C13H15Cl2NO4S/c14-11-2-1-10(5-12(11)15)16-13(17)8-21(18,19)7-9-3-4-20-6-9/h1-2,5,9H,3-4,6-8H2,(H,16,17). The van der Waals surface area contributed by atoms with Gasteiger partial charge in [0, 0.05) is 12.3 Å². The highest BCUT2D eigenvalue weighted by Gasteiger charge is 2.25. The highest BCUT2D eigenvalue weighted by Crippen LogP contribution is 2.25. The fourth-order valence-electron chi connectivity index (χ4n) is 2.10. The topological polar surface area (TPSA) is 72.5 Å². The fraction of sp³-hybridized carbons (Fsp3) is 0.462. The molecule has 1 atom stereocenters. The van der Waals surface area contributed by atoms with Crippen LogP contribution in [-0.4, -0.2) is 39.0 Å². The molecule has 1 aliphatic rings. The lowest BCUT2D eigenvalue weighted by molar-refractivity contribution is -0.113. The van der Waals surface area contributed by atoms with Gasteiger partial charge in [-0.15, -0.1) is 0 Å². The number of ether oxygens (including phenoxy) is 1. The highest BCUT2D eigenvalue weighted by molar-refractivity contribution is 7.92. The molecule has 1 fully saturated rings. The molecule has 21 heavy (non-hydrogen) atoms. The van der Waals surface area contributed by atoms with Gasteiger partial charge in [-0.3, -0.25) is 4.79 Å². The molecule has 1 aromatic carbocycles. The third-order valence-corrected chi connectivity index (χ3v) is 5.49. The summed E-state index contributed by atoms with van der Waals surface area (Å²) in [6.45, 7) is 1.02. The van der Waals surface area contributed by atoms with Crippen LogP contribution in [0.5, 0.6) is 0 Å². The summed E-state index contributed by atoms with van der Waals surface area (Å²) in [5, 5.41) is 3.15. The van der Waals surface area contributed by atoms with Gasteiger partial charge in [0.05, 0.1) is 22.4 Å². The van der Waals surface area contributed by atoms with E-state index < -0.39 is 21.5 Å². The van der Waals surface area contributed by atoms with E-state index in [2.05, 4.69) is 5.32 Å². The number of hydrogen-bond acceptors (Lipinski definition) is 4. The molecule has 1 amide bonds. The van der Waals surface area contributed by atoms with Gasteiger partial charge in [0.2, 0.25) is 5.91 Å². The van der Waals surface area contributed by atoms with Gasteiger partial charge in [-0.05, 0) is 30.5 Å². The van der Waals surface area contributed by atoms with Crippen molar-refractivity contribution in [1.82, 2.24) is 0 Å². The van der Waals surface area contributed by atoms with Crippen LogP contribution in [-0.2, 0) is 19.4 Å². The number of rotatable bonds is 5. The summed E-state index contributed by atoms with van der Waals surface area (Å²) in [6, 6.07) is 4.56. The maximum absolute atomic E-state index is 11.9. The Bertz CT molecular complexity index is 627. The molecule has 0 bridgehead atoms. The Labute approximate surface area is 133 Å². The average molecular weight is 352 g/mol. The van der Waals surface area contributed by atoms with Gasteiger partial charge < -0.3 is 10.1 Å². The maximum Gasteiger partial charge on any atom is 0.239 e. The molecule has 0 aliphatic carbocycles. The fourth-order valence-corrected chi connectivity index (χ4v) is 3.97. The van der Waals surface area contributed by atoms with Crippen LogP contribution < -0.4 is 5.32 Å². The number of carbonyl (C=O) groups excluding carboxylic acids is 1. The van der Waals surface area contributed by atoms with Crippen LogP contribution in [0.25, 0.3) is 0 Å². The Hall–Kier alpha value is -0.820. The summed E-state index contributed by atoms with van der Waals surface area (Å²) in [5.41, 5.74) is 0.411. The first-order valence-corrected chi connectivity index (χ1v) is 8.96. The molecule has 1 heterocycles. The van der Waals surface area contributed by atoms with E-state index >= 15 is 0 Å². The van der Waals surface area contributed by atoms with Crippen molar-refractivity contribution in [2.45, 2.75) is 6.42 Å². The minimum Gasteiger partial charge on any atom is -0.381 e. The van der Waals surface area contributed by atoms with Gasteiger partial charge in [-0.25, -0.2) is 8.42 Å². The largest absolute Gasteiger partial charge is 0.381 e. The Morgan fingerprint density at radius 3 is 2.71 bits per heavy atom.